The molecule has 0 spiro atoms. The van der Waals surface area contributed by atoms with Crippen LogP contribution in [0.3, 0.4) is 0 Å². The standard InChI is InChI=1S/Ce.2NO3.2H3N.H2O/c;2*2-1(3)4;;;/h;;;2*1H3;1H2/q;2*-1;;;/p+2. The van der Waals surface area contributed by atoms with Gasteiger partial charge in [-0.2, -0.15) is 0 Å². The third kappa shape index (κ3) is 6140. The van der Waals surface area contributed by atoms with Crippen LogP contribution in [0.5, 0.6) is 0 Å². The summed E-state index contributed by atoms with van der Waals surface area (Å²) in [5.41, 5.74) is 0. The fraction of sp³-hybridized carbons (Fsp3) is 0. The van der Waals surface area contributed by atoms with Crippen molar-refractivity contribution in [3.8, 4) is 0 Å². The molecule has 0 rings (SSSR count). The molecule has 0 aromatic heterocycles. The van der Waals surface area contributed by atoms with E-state index in [1.165, 1.54) is 0 Å². The van der Waals surface area contributed by atoms with Gasteiger partial charge in [0.25, 0.3) is 0 Å². The first-order valence-corrected chi connectivity index (χ1v) is 1.10. The van der Waals surface area contributed by atoms with Crippen LogP contribution in [0.4, 0.5) is 0 Å². The largest absolute Gasteiger partial charge is 0.412 e. The molecule has 0 aliphatic rings. The van der Waals surface area contributed by atoms with E-state index in [0.29, 0.717) is 0 Å². The second kappa shape index (κ2) is 31.1. The Kier molecular flexibility index (Phi) is 107. The maximum Gasteiger partial charge on any atom is 0.0689 e. The van der Waals surface area contributed by atoms with Gasteiger partial charge in [-0.1, -0.05) is 0 Å². The molecule has 76 valence electrons. The molecule has 0 radical (unpaired) electrons. The molecule has 11 nitrogen and oxygen atoms in total. The first kappa shape index (κ1) is 41.4. The van der Waals surface area contributed by atoms with E-state index in [1.807, 2.05) is 0 Å². The Morgan fingerprint density at radius 3 is 0.750 bits per heavy atom. The fourth-order valence-electron chi connectivity index (χ4n) is 0. The average Bonchev–Trinajstić information content (AvgIpc) is 1.25. The van der Waals surface area contributed by atoms with E-state index in [9.17, 15) is 0 Å². The average molecular weight is 318 g/mol. The van der Waals surface area contributed by atoms with Crippen molar-refractivity contribution in [1.82, 2.24) is 12.3 Å². The first-order chi connectivity index (χ1) is 3.46. The summed E-state index contributed by atoms with van der Waals surface area (Å²) in [6.45, 7) is 0. The van der Waals surface area contributed by atoms with Gasteiger partial charge in [0.1, 0.15) is 0 Å². The van der Waals surface area contributed by atoms with E-state index in [2.05, 4.69) is 0 Å². The Labute approximate surface area is 99.8 Å². The quantitative estimate of drug-likeness (QED) is 0.438. The van der Waals surface area contributed by atoms with Crippen molar-refractivity contribution in [2.45, 2.75) is 0 Å². The van der Waals surface area contributed by atoms with Crippen LogP contribution in [0.25, 0.3) is 0 Å². The molecule has 0 aliphatic heterocycles. The van der Waals surface area contributed by atoms with Gasteiger partial charge in [-0.3, -0.25) is 0 Å². The van der Waals surface area contributed by atoms with Crippen LogP contribution in [-0.4, -0.2) is 15.6 Å². The van der Waals surface area contributed by atoms with Gasteiger partial charge in [0, 0.05) is 41.7 Å². The molecule has 0 heterocycles. The summed E-state index contributed by atoms with van der Waals surface area (Å²) in [5, 5.41) is 29.5. The molecule has 0 amide bonds. The predicted molar refractivity (Wildman–Crippen MR) is 36.3 cm³/mol. The van der Waals surface area contributed by atoms with Crippen molar-refractivity contribution in [1.29, 1.82) is 0 Å². The van der Waals surface area contributed by atoms with Crippen molar-refractivity contribution in [3.05, 3.63) is 30.6 Å². The molecule has 0 saturated heterocycles. The zero-order valence-electron chi connectivity index (χ0n) is 6.34. The summed E-state index contributed by atoms with van der Waals surface area (Å²) >= 11 is 0. The van der Waals surface area contributed by atoms with Crippen LogP contribution >= 0.6 is 0 Å². The first-order valence-electron chi connectivity index (χ1n) is 1.10. The molecule has 10 N–H and O–H groups in total. The molecule has 12 heteroatoms. The monoisotopic (exact) mass is 318 g/mol. The molecule has 0 aromatic rings. The van der Waals surface area contributed by atoms with Crippen LogP contribution in [0.1, 0.15) is 0 Å². The van der Waals surface area contributed by atoms with Crippen LogP contribution in [0.2, 0.25) is 0 Å². The summed E-state index contributed by atoms with van der Waals surface area (Å²) in [5.74, 6) is 0. The zero-order chi connectivity index (χ0) is 7.15. The zero-order valence-corrected chi connectivity index (χ0v) is 9.48. The molecule has 0 bridgehead atoms. The van der Waals surface area contributed by atoms with Crippen molar-refractivity contribution in [2.75, 3.05) is 0 Å². The number of hydrogen-bond acceptors (Lipinski definition) is 6. The number of quaternary nitrogens is 2. The Morgan fingerprint density at radius 1 is 0.750 bits per heavy atom. The molecule has 0 fully saturated rings. The molecular weight excluding hydrogens is 308 g/mol. The Balaban J connectivity index is -0.0000000112. The number of hydrogen-bond donors (Lipinski definition) is 2. The van der Waals surface area contributed by atoms with Crippen molar-refractivity contribution in [2.24, 2.45) is 0 Å². The smallest absolute Gasteiger partial charge is 0.0689 e. The third-order valence-electron chi connectivity index (χ3n) is 0. The second-order valence-electron chi connectivity index (χ2n) is 0.447. The van der Waals surface area contributed by atoms with Crippen LogP contribution in [-0.2, 0) is 0 Å². The minimum atomic E-state index is -1.75. The van der Waals surface area contributed by atoms with Crippen LogP contribution in [0.15, 0.2) is 0 Å². The minimum absolute atomic E-state index is 0. The van der Waals surface area contributed by atoms with Gasteiger partial charge >= 0.3 is 0 Å². The van der Waals surface area contributed by atoms with Gasteiger partial charge in [-0.15, -0.1) is 0 Å². The second-order valence-corrected chi connectivity index (χ2v) is 0.447. The summed E-state index contributed by atoms with van der Waals surface area (Å²) < 4.78 is 0. The minimum Gasteiger partial charge on any atom is -0.412 e. The van der Waals surface area contributed by atoms with E-state index in [1.54, 1.807) is 0 Å². The van der Waals surface area contributed by atoms with E-state index in [-0.39, 0.29) is 59.5 Å². The van der Waals surface area contributed by atoms with Gasteiger partial charge in [-0.05, 0) is 0 Å². The molecule has 0 unspecified atom stereocenters. The van der Waals surface area contributed by atoms with Crippen molar-refractivity contribution < 1.29 is 57.4 Å². The third-order valence-corrected chi connectivity index (χ3v) is 0. The Hall–Kier alpha value is -0.343. The van der Waals surface area contributed by atoms with E-state index in [4.69, 9.17) is 30.6 Å². The van der Waals surface area contributed by atoms with Gasteiger partial charge in [0.15, 0.2) is 0 Å². The van der Waals surface area contributed by atoms with Gasteiger partial charge in [0.05, 0.1) is 10.2 Å². The van der Waals surface area contributed by atoms with E-state index >= 15 is 0 Å². The van der Waals surface area contributed by atoms with E-state index in [0.717, 1.165) is 0 Å². The van der Waals surface area contributed by atoms with Crippen LogP contribution in [0, 0.1) is 72.4 Å². The number of nitrogens with zero attached hydrogens (tertiary/aromatic N) is 2. The van der Waals surface area contributed by atoms with Crippen LogP contribution < -0.4 is 12.3 Å². The topological polar surface area (TPSA) is 237 Å². The van der Waals surface area contributed by atoms with Gasteiger partial charge < -0.3 is 48.4 Å². The predicted octanol–water partition coefficient (Wildman–Crippen LogP) is -0.551. The molecule has 0 atom stereocenters. The molecule has 12 heavy (non-hydrogen) atoms. The Morgan fingerprint density at radius 2 is 0.750 bits per heavy atom. The normalized spacial score (nSPS) is 4.00. The Bertz CT molecular complexity index is 73.4. The maximum atomic E-state index is 8.25. The summed E-state index contributed by atoms with van der Waals surface area (Å²) in [4.78, 5) is 16.5. The molecule has 0 aromatic carbocycles. The molecule has 0 saturated carbocycles. The van der Waals surface area contributed by atoms with E-state index < -0.39 is 10.2 Å². The molecular formula is H10CeN4O7. The van der Waals surface area contributed by atoms with Gasteiger partial charge in [0.2, 0.25) is 0 Å². The maximum absolute atomic E-state index is 8.25. The van der Waals surface area contributed by atoms with Gasteiger partial charge in [-0.25, -0.2) is 0 Å². The summed E-state index contributed by atoms with van der Waals surface area (Å²) in [6, 6.07) is 0. The SMILES string of the molecule is O.O=[N+]([O-])[O-].O=[N+]([O-])[O-].[Ce].[NH4+].[NH4+]. The van der Waals surface area contributed by atoms with Crippen molar-refractivity contribution >= 4 is 0 Å². The fourth-order valence-corrected chi connectivity index (χ4v) is 0. The number of rotatable bonds is 0. The van der Waals surface area contributed by atoms with Crippen molar-refractivity contribution in [3.63, 3.8) is 0 Å². The molecule has 0 aliphatic carbocycles. The summed E-state index contributed by atoms with van der Waals surface area (Å²) in [6.07, 6.45) is 0. The summed E-state index contributed by atoms with van der Waals surface area (Å²) in [7, 11) is 0.